The second-order valence-electron chi connectivity index (χ2n) is 4.58. The van der Waals surface area contributed by atoms with E-state index in [-0.39, 0.29) is 0 Å². The second kappa shape index (κ2) is 5.50. The number of ether oxygens (including phenoxy) is 1. The van der Waals surface area contributed by atoms with E-state index in [0.29, 0.717) is 10.7 Å². The molecule has 1 heterocycles. The molecule has 1 aromatic heterocycles. The van der Waals surface area contributed by atoms with Crippen LogP contribution in [-0.4, -0.2) is 16.9 Å². The number of aromatic nitrogens is 2. The Morgan fingerprint density at radius 2 is 1.71 bits per heavy atom. The van der Waals surface area contributed by atoms with Gasteiger partial charge in [0.05, 0.1) is 24.7 Å². The molecule has 106 valence electrons. The van der Waals surface area contributed by atoms with Crippen LogP contribution >= 0.6 is 11.6 Å². The highest BCUT2D eigenvalue weighted by Crippen LogP contribution is 2.27. The molecule has 0 aliphatic heterocycles. The van der Waals surface area contributed by atoms with E-state index >= 15 is 0 Å². The zero-order chi connectivity index (χ0) is 14.8. The van der Waals surface area contributed by atoms with E-state index < -0.39 is 0 Å². The van der Waals surface area contributed by atoms with Crippen molar-refractivity contribution in [2.45, 2.75) is 0 Å². The molecule has 0 aliphatic rings. The molecule has 0 spiro atoms. The molecule has 0 radical (unpaired) electrons. The normalized spacial score (nSPS) is 10.6. The first kappa shape index (κ1) is 13.5. The molecule has 5 heteroatoms. The SMILES string of the molecule is COc1ccc(-c2nn(-c3ccc(Cl)cc3)cc2N)cc1. The van der Waals surface area contributed by atoms with Crippen LogP contribution in [0.25, 0.3) is 16.9 Å². The van der Waals surface area contributed by atoms with Gasteiger partial charge in [0.2, 0.25) is 0 Å². The number of hydrogen-bond acceptors (Lipinski definition) is 3. The monoisotopic (exact) mass is 299 g/mol. The third-order valence-corrected chi connectivity index (χ3v) is 3.45. The Labute approximate surface area is 127 Å². The van der Waals surface area contributed by atoms with E-state index in [1.165, 1.54) is 0 Å². The van der Waals surface area contributed by atoms with Crippen molar-refractivity contribution in [2.75, 3.05) is 12.8 Å². The lowest BCUT2D eigenvalue weighted by molar-refractivity contribution is 0.415. The van der Waals surface area contributed by atoms with Gasteiger partial charge in [0, 0.05) is 10.6 Å². The summed E-state index contributed by atoms with van der Waals surface area (Å²) in [4.78, 5) is 0. The van der Waals surface area contributed by atoms with Crippen LogP contribution in [-0.2, 0) is 0 Å². The summed E-state index contributed by atoms with van der Waals surface area (Å²) in [6.45, 7) is 0. The summed E-state index contributed by atoms with van der Waals surface area (Å²) in [5.74, 6) is 0.800. The smallest absolute Gasteiger partial charge is 0.118 e. The Balaban J connectivity index is 1.98. The van der Waals surface area contributed by atoms with Crippen molar-refractivity contribution in [1.82, 2.24) is 9.78 Å². The lowest BCUT2D eigenvalue weighted by atomic mass is 10.1. The molecule has 0 aliphatic carbocycles. The fourth-order valence-electron chi connectivity index (χ4n) is 2.09. The van der Waals surface area contributed by atoms with Crippen LogP contribution in [0.15, 0.2) is 54.7 Å². The summed E-state index contributed by atoms with van der Waals surface area (Å²) < 4.78 is 6.89. The summed E-state index contributed by atoms with van der Waals surface area (Å²) in [6, 6.07) is 15.1. The molecular formula is C16H14ClN3O. The van der Waals surface area contributed by atoms with Gasteiger partial charge in [-0.2, -0.15) is 5.10 Å². The number of rotatable bonds is 3. The predicted molar refractivity (Wildman–Crippen MR) is 85.0 cm³/mol. The van der Waals surface area contributed by atoms with Gasteiger partial charge in [-0.3, -0.25) is 0 Å². The number of nitrogen functional groups attached to an aromatic ring is 1. The van der Waals surface area contributed by atoms with Gasteiger partial charge < -0.3 is 10.5 Å². The molecule has 0 amide bonds. The fraction of sp³-hybridized carbons (Fsp3) is 0.0625. The number of methoxy groups -OCH3 is 1. The van der Waals surface area contributed by atoms with E-state index in [0.717, 1.165) is 22.7 Å². The Hall–Kier alpha value is -2.46. The highest BCUT2D eigenvalue weighted by atomic mass is 35.5. The van der Waals surface area contributed by atoms with E-state index in [1.807, 2.05) is 48.5 Å². The van der Waals surface area contributed by atoms with Crippen molar-refractivity contribution in [3.63, 3.8) is 0 Å². The van der Waals surface area contributed by atoms with Gasteiger partial charge in [0.25, 0.3) is 0 Å². The van der Waals surface area contributed by atoms with Gasteiger partial charge >= 0.3 is 0 Å². The maximum absolute atomic E-state index is 6.07. The highest BCUT2D eigenvalue weighted by Gasteiger charge is 2.09. The quantitative estimate of drug-likeness (QED) is 0.800. The fourth-order valence-corrected chi connectivity index (χ4v) is 2.21. The van der Waals surface area contributed by atoms with Gasteiger partial charge in [-0.1, -0.05) is 11.6 Å². The van der Waals surface area contributed by atoms with Crippen molar-refractivity contribution in [3.05, 3.63) is 59.8 Å². The summed E-state index contributed by atoms with van der Waals surface area (Å²) in [5.41, 5.74) is 9.29. The largest absolute Gasteiger partial charge is 0.497 e. The Morgan fingerprint density at radius 1 is 1.05 bits per heavy atom. The van der Waals surface area contributed by atoms with Crippen molar-refractivity contribution in [3.8, 4) is 22.7 Å². The summed E-state index contributed by atoms with van der Waals surface area (Å²) in [7, 11) is 1.64. The molecule has 0 unspecified atom stereocenters. The van der Waals surface area contributed by atoms with Crippen LogP contribution in [0.4, 0.5) is 5.69 Å². The first-order valence-corrected chi connectivity index (χ1v) is 6.80. The molecule has 0 atom stereocenters. The summed E-state index contributed by atoms with van der Waals surface area (Å²) >= 11 is 5.89. The lowest BCUT2D eigenvalue weighted by Crippen LogP contribution is -1.94. The van der Waals surface area contributed by atoms with Gasteiger partial charge in [0.1, 0.15) is 11.4 Å². The molecule has 0 saturated carbocycles. The molecule has 0 saturated heterocycles. The maximum Gasteiger partial charge on any atom is 0.118 e. The van der Waals surface area contributed by atoms with Gasteiger partial charge in [-0.25, -0.2) is 4.68 Å². The first-order chi connectivity index (χ1) is 10.2. The van der Waals surface area contributed by atoms with Gasteiger partial charge in [-0.15, -0.1) is 0 Å². The Kier molecular flexibility index (Phi) is 3.54. The van der Waals surface area contributed by atoms with Gasteiger partial charge in [-0.05, 0) is 48.5 Å². The van der Waals surface area contributed by atoms with Crippen LogP contribution in [0.1, 0.15) is 0 Å². The van der Waals surface area contributed by atoms with Gasteiger partial charge in [0.15, 0.2) is 0 Å². The molecule has 21 heavy (non-hydrogen) atoms. The average molecular weight is 300 g/mol. The third kappa shape index (κ3) is 2.71. The van der Waals surface area contributed by atoms with E-state index in [4.69, 9.17) is 22.1 Å². The maximum atomic E-state index is 6.07. The number of nitrogens with zero attached hydrogens (tertiary/aromatic N) is 2. The molecular weight excluding hydrogens is 286 g/mol. The van der Waals surface area contributed by atoms with Crippen molar-refractivity contribution in [1.29, 1.82) is 0 Å². The molecule has 3 aromatic rings. The number of benzene rings is 2. The molecule has 3 rings (SSSR count). The van der Waals surface area contributed by atoms with E-state index in [9.17, 15) is 0 Å². The number of halogens is 1. The number of hydrogen-bond donors (Lipinski definition) is 1. The van der Waals surface area contributed by atoms with Crippen LogP contribution in [0.3, 0.4) is 0 Å². The predicted octanol–water partition coefficient (Wildman–Crippen LogP) is 3.78. The zero-order valence-electron chi connectivity index (χ0n) is 11.5. The van der Waals surface area contributed by atoms with E-state index in [1.54, 1.807) is 18.0 Å². The molecule has 4 nitrogen and oxygen atoms in total. The highest BCUT2D eigenvalue weighted by molar-refractivity contribution is 6.30. The van der Waals surface area contributed by atoms with E-state index in [2.05, 4.69) is 5.10 Å². The van der Waals surface area contributed by atoms with Crippen LogP contribution in [0.2, 0.25) is 5.02 Å². The molecule has 0 fully saturated rings. The molecule has 0 bridgehead atoms. The van der Waals surface area contributed by atoms with Crippen LogP contribution in [0, 0.1) is 0 Å². The average Bonchev–Trinajstić information content (AvgIpc) is 2.90. The van der Waals surface area contributed by atoms with Crippen molar-refractivity contribution < 1.29 is 4.74 Å². The second-order valence-corrected chi connectivity index (χ2v) is 5.02. The van der Waals surface area contributed by atoms with Crippen LogP contribution < -0.4 is 10.5 Å². The third-order valence-electron chi connectivity index (χ3n) is 3.20. The first-order valence-electron chi connectivity index (χ1n) is 6.43. The summed E-state index contributed by atoms with van der Waals surface area (Å²) in [6.07, 6.45) is 1.79. The minimum absolute atomic E-state index is 0.620. The molecule has 2 N–H and O–H groups in total. The minimum Gasteiger partial charge on any atom is -0.497 e. The minimum atomic E-state index is 0.620. The Bertz CT molecular complexity index is 748. The summed E-state index contributed by atoms with van der Waals surface area (Å²) in [5, 5.41) is 5.23. The van der Waals surface area contributed by atoms with Crippen LogP contribution in [0.5, 0.6) is 5.75 Å². The van der Waals surface area contributed by atoms with Crippen molar-refractivity contribution >= 4 is 17.3 Å². The number of nitrogens with two attached hydrogens (primary N) is 1. The topological polar surface area (TPSA) is 53.1 Å². The van der Waals surface area contributed by atoms with Crippen molar-refractivity contribution in [2.24, 2.45) is 0 Å². The standard InChI is InChI=1S/C16H14ClN3O/c1-21-14-8-2-11(3-9-14)16-15(18)10-20(19-16)13-6-4-12(17)5-7-13/h2-10H,18H2,1H3. The zero-order valence-corrected chi connectivity index (χ0v) is 12.2. The lowest BCUT2D eigenvalue weighted by Gasteiger charge is -2.02. The molecule has 2 aromatic carbocycles. The number of anilines is 1. The Morgan fingerprint density at radius 3 is 2.33 bits per heavy atom.